The predicted octanol–water partition coefficient (Wildman–Crippen LogP) is 6.01. The van der Waals surface area contributed by atoms with Crippen LogP contribution in [0.1, 0.15) is 24.2 Å². The fourth-order valence-electron chi connectivity index (χ4n) is 3.02. The van der Waals surface area contributed by atoms with Gasteiger partial charge in [0.1, 0.15) is 11.3 Å². The maximum absolute atomic E-state index is 12.5. The van der Waals surface area contributed by atoms with E-state index in [4.69, 9.17) is 21.4 Å². The van der Waals surface area contributed by atoms with E-state index < -0.39 is 0 Å². The Kier molecular flexibility index (Phi) is 6.71. The van der Waals surface area contributed by atoms with Crippen LogP contribution in [0.4, 0.5) is 5.69 Å². The zero-order chi connectivity index (χ0) is 22.7. The minimum atomic E-state index is -0.304. The number of hydrogen-bond donors (Lipinski definition) is 2. The van der Waals surface area contributed by atoms with Gasteiger partial charge >= 0.3 is 0 Å². The number of carbonyl (C=O) groups is 1. The number of ether oxygens (including phenoxy) is 1. The molecule has 0 atom stereocenters. The Bertz CT molecular complexity index is 1270. The van der Waals surface area contributed by atoms with E-state index in [1.54, 1.807) is 24.3 Å². The van der Waals surface area contributed by atoms with Gasteiger partial charge in [-0.3, -0.25) is 10.1 Å². The SMILES string of the molecule is CC(C)Oc1ccc(C(=O)NC(=S)Nc2ccc3oc(-c4ccc(I)cc4)nc3c2)cc1. The van der Waals surface area contributed by atoms with E-state index in [0.29, 0.717) is 34.0 Å². The minimum absolute atomic E-state index is 0.0705. The molecule has 32 heavy (non-hydrogen) atoms. The van der Waals surface area contributed by atoms with E-state index in [9.17, 15) is 4.79 Å². The lowest BCUT2D eigenvalue weighted by Gasteiger charge is -2.11. The van der Waals surface area contributed by atoms with Crippen LogP contribution in [0, 0.1) is 3.57 Å². The van der Waals surface area contributed by atoms with Crippen LogP contribution in [0.25, 0.3) is 22.6 Å². The van der Waals surface area contributed by atoms with Gasteiger partial charge in [-0.1, -0.05) is 0 Å². The van der Waals surface area contributed by atoms with E-state index >= 15 is 0 Å². The van der Waals surface area contributed by atoms with E-state index in [1.807, 2.05) is 56.3 Å². The first-order valence-electron chi connectivity index (χ1n) is 9.93. The third-order valence-electron chi connectivity index (χ3n) is 4.45. The summed E-state index contributed by atoms with van der Waals surface area (Å²) in [7, 11) is 0. The van der Waals surface area contributed by atoms with Gasteiger partial charge in [0.2, 0.25) is 5.89 Å². The number of rotatable bonds is 5. The smallest absolute Gasteiger partial charge is 0.257 e. The standard InChI is InChI=1S/C24H20IN3O3S/c1-14(2)30-19-10-5-15(6-11-19)22(29)28-24(32)26-18-9-12-21-20(13-18)27-23(31-21)16-3-7-17(25)8-4-16/h3-14H,1-2H3,(H2,26,28,29,32). The summed E-state index contributed by atoms with van der Waals surface area (Å²) >= 11 is 7.56. The normalized spacial score (nSPS) is 10.9. The van der Waals surface area contributed by atoms with Crippen molar-refractivity contribution >= 4 is 62.6 Å². The van der Waals surface area contributed by atoms with Crippen LogP contribution in [-0.4, -0.2) is 22.1 Å². The van der Waals surface area contributed by atoms with Crippen LogP contribution < -0.4 is 15.4 Å². The van der Waals surface area contributed by atoms with Crippen LogP contribution >= 0.6 is 34.8 Å². The first-order chi connectivity index (χ1) is 15.4. The molecule has 0 bridgehead atoms. The molecule has 1 aromatic heterocycles. The Labute approximate surface area is 204 Å². The van der Waals surface area contributed by atoms with Crippen LogP contribution in [0.2, 0.25) is 0 Å². The second-order valence-corrected chi connectivity index (χ2v) is 8.96. The molecule has 0 aliphatic heterocycles. The van der Waals surface area contributed by atoms with Gasteiger partial charge in [-0.25, -0.2) is 4.98 Å². The summed E-state index contributed by atoms with van der Waals surface area (Å²) in [6, 6.07) is 20.3. The summed E-state index contributed by atoms with van der Waals surface area (Å²) in [4.78, 5) is 17.0. The fraction of sp³-hybridized carbons (Fsp3) is 0.125. The summed E-state index contributed by atoms with van der Waals surface area (Å²) in [6.45, 7) is 3.90. The first kappa shape index (κ1) is 22.2. The molecular weight excluding hydrogens is 537 g/mol. The molecule has 6 nitrogen and oxygen atoms in total. The number of benzene rings is 3. The molecule has 0 spiro atoms. The highest BCUT2D eigenvalue weighted by Gasteiger charge is 2.11. The second-order valence-electron chi connectivity index (χ2n) is 7.31. The molecule has 4 aromatic rings. The molecular formula is C24H20IN3O3S. The molecule has 3 aromatic carbocycles. The second kappa shape index (κ2) is 9.66. The van der Waals surface area contributed by atoms with Crippen LogP contribution in [-0.2, 0) is 0 Å². The lowest BCUT2D eigenvalue weighted by atomic mass is 10.2. The quantitative estimate of drug-likeness (QED) is 0.231. The lowest BCUT2D eigenvalue weighted by molar-refractivity contribution is 0.0977. The van der Waals surface area contributed by atoms with Crippen LogP contribution in [0.15, 0.2) is 71.1 Å². The third kappa shape index (κ3) is 5.43. The summed E-state index contributed by atoms with van der Waals surface area (Å²) in [5.74, 6) is 0.958. The molecule has 0 unspecified atom stereocenters. The molecule has 0 fully saturated rings. The fourth-order valence-corrected chi connectivity index (χ4v) is 3.59. The monoisotopic (exact) mass is 557 g/mol. The topological polar surface area (TPSA) is 76.4 Å². The minimum Gasteiger partial charge on any atom is -0.491 e. The zero-order valence-corrected chi connectivity index (χ0v) is 20.4. The van der Waals surface area contributed by atoms with Crippen molar-refractivity contribution in [2.75, 3.05) is 5.32 Å². The average molecular weight is 557 g/mol. The molecule has 162 valence electrons. The highest BCUT2D eigenvalue weighted by atomic mass is 127. The maximum Gasteiger partial charge on any atom is 0.257 e. The molecule has 2 N–H and O–H groups in total. The summed E-state index contributed by atoms with van der Waals surface area (Å²) in [5, 5.41) is 5.90. The van der Waals surface area contributed by atoms with Crippen molar-refractivity contribution < 1.29 is 13.9 Å². The van der Waals surface area contributed by atoms with Gasteiger partial charge in [0.25, 0.3) is 5.91 Å². The number of thiocarbonyl (C=S) groups is 1. The van der Waals surface area contributed by atoms with Gasteiger partial charge in [0.05, 0.1) is 6.10 Å². The van der Waals surface area contributed by atoms with Gasteiger partial charge in [-0.15, -0.1) is 0 Å². The Hall–Kier alpha value is -2.98. The molecule has 0 saturated carbocycles. The number of nitrogens with zero attached hydrogens (tertiary/aromatic N) is 1. The Morgan fingerprint density at radius 3 is 2.47 bits per heavy atom. The third-order valence-corrected chi connectivity index (χ3v) is 5.38. The van der Waals surface area contributed by atoms with Gasteiger partial charge in [0, 0.05) is 20.4 Å². The number of halogens is 1. The van der Waals surface area contributed by atoms with Gasteiger partial charge < -0.3 is 14.5 Å². The number of oxazole rings is 1. The Morgan fingerprint density at radius 1 is 1.06 bits per heavy atom. The van der Waals surface area contributed by atoms with Gasteiger partial charge in [0.15, 0.2) is 10.7 Å². The first-order valence-corrected chi connectivity index (χ1v) is 11.4. The summed E-state index contributed by atoms with van der Waals surface area (Å²) < 4.78 is 12.6. The van der Waals surface area contributed by atoms with E-state index in [0.717, 1.165) is 9.13 Å². The number of fused-ring (bicyclic) bond motifs is 1. The van der Waals surface area contributed by atoms with Gasteiger partial charge in [-0.05, 0) is 115 Å². The molecule has 0 aliphatic carbocycles. The number of hydrogen-bond acceptors (Lipinski definition) is 5. The number of amides is 1. The maximum atomic E-state index is 12.5. The molecule has 1 heterocycles. The van der Waals surface area contributed by atoms with Gasteiger partial charge in [-0.2, -0.15) is 0 Å². The molecule has 4 rings (SSSR count). The van der Waals surface area contributed by atoms with E-state index in [1.165, 1.54) is 0 Å². The molecule has 0 aliphatic rings. The molecule has 8 heteroatoms. The summed E-state index contributed by atoms with van der Waals surface area (Å²) in [6.07, 6.45) is 0.0705. The van der Waals surface area contributed by atoms with Crippen LogP contribution in [0.5, 0.6) is 5.75 Å². The number of nitrogens with one attached hydrogen (secondary N) is 2. The molecule has 0 saturated heterocycles. The lowest BCUT2D eigenvalue weighted by Crippen LogP contribution is -2.34. The van der Waals surface area contributed by atoms with Crippen molar-refractivity contribution in [1.82, 2.24) is 10.3 Å². The van der Waals surface area contributed by atoms with Crippen molar-refractivity contribution in [2.45, 2.75) is 20.0 Å². The predicted molar refractivity (Wildman–Crippen MR) is 138 cm³/mol. The molecule has 1 amide bonds. The van der Waals surface area contributed by atoms with Crippen LogP contribution in [0.3, 0.4) is 0 Å². The summed E-state index contributed by atoms with van der Waals surface area (Å²) in [5.41, 5.74) is 3.45. The zero-order valence-electron chi connectivity index (χ0n) is 17.4. The van der Waals surface area contributed by atoms with Crippen molar-refractivity contribution in [3.8, 4) is 17.2 Å². The van der Waals surface area contributed by atoms with Crippen molar-refractivity contribution in [3.05, 3.63) is 75.9 Å². The number of aromatic nitrogens is 1. The van der Waals surface area contributed by atoms with E-state index in [-0.39, 0.29) is 17.1 Å². The van der Waals surface area contributed by atoms with Crippen molar-refractivity contribution in [1.29, 1.82) is 0 Å². The van der Waals surface area contributed by atoms with E-state index in [2.05, 4.69) is 38.2 Å². The Morgan fingerprint density at radius 2 is 1.78 bits per heavy atom. The largest absolute Gasteiger partial charge is 0.491 e. The average Bonchev–Trinajstić information content (AvgIpc) is 3.17. The molecule has 0 radical (unpaired) electrons. The van der Waals surface area contributed by atoms with Crippen molar-refractivity contribution in [2.24, 2.45) is 0 Å². The highest BCUT2D eigenvalue weighted by Crippen LogP contribution is 2.26. The highest BCUT2D eigenvalue weighted by molar-refractivity contribution is 14.1. The Balaban J connectivity index is 1.41. The number of carbonyl (C=O) groups excluding carboxylic acids is 1. The van der Waals surface area contributed by atoms with Crippen molar-refractivity contribution in [3.63, 3.8) is 0 Å². The number of anilines is 1.